The molecule has 0 aromatic carbocycles. The lowest BCUT2D eigenvalue weighted by atomic mass is 9.83. The van der Waals surface area contributed by atoms with Gasteiger partial charge in [0.2, 0.25) is 0 Å². The first-order valence-electron chi connectivity index (χ1n) is 6.42. The highest BCUT2D eigenvalue weighted by atomic mass is 16.3. The van der Waals surface area contributed by atoms with Crippen molar-refractivity contribution in [1.82, 2.24) is 20.5 Å². The Morgan fingerprint density at radius 1 is 1.41 bits per heavy atom. The molecular weight excluding hydrogens is 216 g/mol. The maximum Gasteiger partial charge on any atom is 0.137 e. The molecule has 0 bridgehead atoms. The Morgan fingerprint density at radius 3 is 2.71 bits per heavy atom. The van der Waals surface area contributed by atoms with E-state index in [2.05, 4.69) is 34.3 Å². The zero-order valence-corrected chi connectivity index (χ0v) is 10.9. The van der Waals surface area contributed by atoms with Crippen molar-refractivity contribution in [2.24, 2.45) is 5.41 Å². The van der Waals surface area contributed by atoms with Crippen LogP contribution >= 0.6 is 0 Å². The molecule has 1 rings (SSSR count). The number of aliphatic hydroxyl groups excluding tert-OH is 1. The Labute approximate surface area is 103 Å². The van der Waals surface area contributed by atoms with Crippen molar-refractivity contribution < 1.29 is 5.11 Å². The van der Waals surface area contributed by atoms with Gasteiger partial charge in [0.05, 0.1) is 0 Å². The van der Waals surface area contributed by atoms with E-state index >= 15 is 0 Å². The molecule has 17 heavy (non-hydrogen) atoms. The number of aromatic amines is 1. The molecule has 1 heterocycles. The fourth-order valence-electron chi connectivity index (χ4n) is 1.87. The minimum absolute atomic E-state index is 0.0479. The highest BCUT2D eigenvalue weighted by Gasteiger charge is 2.24. The molecule has 5 nitrogen and oxygen atoms in total. The lowest BCUT2D eigenvalue weighted by Gasteiger charge is -2.29. The summed E-state index contributed by atoms with van der Waals surface area (Å²) < 4.78 is 0. The molecule has 0 spiro atoms. The normalized spacial score (nSPS) is 11.9. The molecule has 0 fully saturated rings. The SMILES string of the molecule is CCC(CC)(CO)CNCCCc1ncn[nH]1. The number of aromatic nitrogens is 3. The number of hydrogen-bond donors (Lipinski definition) is 3. The van der Waals surface area contributed by atoms with Crippen LogP contribution in [0.2, 0.25) is 0 Å². The van der Waals surface area contributed by atoms with Crippen molar-refractivity contribution >= 4 is 0 Å². The largest absolute Gasteiger partial charge is 0.396 e. The molecule has 98 valence electrons. The molecule has 0 aliphatic rings. The van der Waals surface area contributed by atoms with Gasteiger partial charge in [-0.05, 0) is 25.8 Å². The summed E-state index contributed by atoms with van der Waals surface area (Å²) in [6.07, 6.45) is 5.50. The molecule has 0 saturated carbocycles. The predicted octanol–water partition coefficient (Wildman–Crippen LogP) is 1.13. The maximum atomic E-state index is 9.42. The van der Waals surface area contributed by atoms with Gasteiger partial charge in [-0.2, -0.15) is 5.10 Å². The molecule has 0 radical (unpaired) electrons. The molecule has 1 aromatic rings. The van der Waals surface area contributed by atoms with Crippen molar-refractivity contribution in [3.63, 3.8) is 0 Å². The first-order chi connectivity index (χ1) is 8.26. The number of nitrogens with zero attached hydrogens (tertiary/aromatic N) is 2. The average molecular weight is 240 g/mol. The number of H-pyrrole nitrogens is 1. The van der Waals surface area contributed by atoms with E-state index in [1.54, 1.807) is 0 Å². The molecule has 0 saturated heterocycles. The van der Waals surface area contributed by atoms with E-state index in [0.29, 0.717) is 0 Å². The van der Waals surface area contributed by atoms with E-state index in [9.17, 15) is 5.11 Å². The quantitative estimate of drug-likeness (QED) is 0.566. The van der Waals surface area contributed by atoms with Crippen LogP contribution in [-0.4, -0.2) is 40.0 Å². The second-order valence-electron chi connectivity index (χ2n) is 4.58. The van der Waals surface area contributed by atoms with Crippen LogP contribution in [0, 0.1) is 5.41 Å². The number of hydrogen-bond acceptors (Lipinski definition) is 4. The van der Waals surface area contributed by atoms with Gasteiger partial charge in [-0.1, -0.05) is 13.8 Å². The first-order valence-corrected chi connectivity index (χ1v) is 6.42. The van der Waals surface area contributed by atoms with E-state index in [4.69, 9.17) is 0 Å². The van der Waals surface area contributed by atoms with Crippen LogP contribution in [0.4, 0.5) is 0 Å². The lowest BCUT2D eigenvalue weighted by Crippen LogP contribution is -2.37. The van der Waals surface area contributed by atoms with Gasteiger partial charge in [-0.25, -0.2) is 4.98 Å². The zero-order valence-electron chi connectivity index (χ0n) is 10.9. The third kappa shape index (κ3) is 4.44. The summed E-state index contributed by atoms with van der Waals surface area (Å²) in [4.78, 5) is 4.08. The smallest absolute Gasteiger partial charge is 0.137 e. The maximum absolute atomic E-state index is 9.42. The third-order valence-corrected chi connectivity index (χ3v) is 3.57. The second kappa shape index (κ2) is 7.40. The zero-order chi connectivity index (χ0) is 12.6. The summed E-state index contributed by atoms with van der Waals surface area (Å²) in [5.74, 6) is 0.936. The highest BCUT2D eigenvalue weighted by Crippen LogP contribution is 2.24. The number of rotatable bonds is 9. The highest BCUT2D eigenvalue weighted by molar-refractivity contribution is 4.81. The molecule has 5 heteroatoms. The van der Waals surface area contributed by atoms with Crippen molar-refractivity contribution in [2.75, 3.05) is 19.7 Å². The van der Waals surface area contributed by atoms with E-state index in [1.807, 2.05) is 0 Å². The summed E-state index contributed by atoms with van der Waals surface area (Å²) in [6, 6.07) is 0. The van der Waals surface area contributed by atoms with Crippen molar-refractivity contribution in [3.05, 3.63) is 12.2 Å². The summed E-state index contributed by atoms with van der Waals surface area (Å²) in [5.41, 5.74) is 0.0479. The topological polar surface area (TPSA) is 73.8 Å². The molecule has 0 aliphatic heterocycles. The van der Waals surface area contributed by atoms with Crippen molar-refractivity contribution in [2.45, 2.75) is 39.5 Å². The lowest BCUT2D eigenvalue weighted by molar-refractivity contribution is 0.113. The van der Waals surface area contributed by atoms with Gasteiger partial charge in [-0.15, -0.1) is 0 Å². The van der Waals surface area contributed by atoms with Crippen LogP contribution in [-0.2, 0) is 6.42 Å². The van der Waals surface area contributed by atoms with Gasteiger partial charge < -0.3 is 10.4 Å². The number of aliphatic hydroxyl groups is 1. The van der Waals surface area contributed by atoms with Gasteiger partial charge in [0.25, 0.3) is 0 Å². The summed E-state index contributed by atoms with van der Waals surface area (Å²) in [7, 11) is 0. The van der Waals surface area contributed by atoms with Crippen LogP contribution in [0.25, 0.3) is 0 Å². The van der Waals surface area contributed by atoms with Crippen LogP contribution in [0.15, 0.2) is 6.33 Å². The first kappa shape index (κ1) is 14.1. The average Bonchev–Trinajstić information content (AvgIpc) is 2.88. The second-order valence-corrected chi connectivity index (χ2v) is 4.58. The molecule has 3 N–H and O–H groups in total. The van der Waals surface area contributed by atoms with Gasteiger partial charge in [0, 0.05) is 25.0 Å². The predicted molar refractivity (Wildman–Crippen MR) is 67.7 cm³/mol. The molecule has 0 atom stereocenters. The minimum atomic E-state index is 0.0479. The molecular formula is C12H24N4O. The van der Waals surface area contributed by atoms with Gasteiger partial charge in [0.15, 0.2) is 0 Å². The summed E-state index contributed by atoms with van der Waals surface area (Å²) in [6.45, 7) is 6.36. The summed E-state index contributed by atoms with van der Waals surface area (Å²) in [5, 5.41) is 19.5. The fourth-order valence-corrected chi connectivity index (χ4v) is 1.87. The van der Waals surface area contributed by atoms with Gasteiger partial charge in [0.1, 0.15) is 12.2 Å². The standard InChI is InChI=1S/C12H24N4O/c1-3-12(4-2,9-17)8-13-7-5-6-11-14-10-15-16-11/h10,13,17H,3-9H2,1-2H3,(H,14,15,16). The monoisotopic (exact) mass is 240 g/mol. The molecule has 1 aromatic heterocycles. The Kier molecular flexibility index (Phi) is 6.15. The Bertz CT molecular complexity index is 274. The Balaban J connectivity index is 2.14. The van der Waals surface area contributed by atoms with Gasteiger partial charge >= 0.3 is 0 Å². The Morgan fingerprint density at radius 2 is 2.18 bits per heavy atom. The fraction of sp³-hybridized carbons (Fsp3) is 0.833. The van der Waals surface area contributed by atoms with E-state index in [0.717, 1.165) is 44.6 Å². The summed E-state index contributed by atoms with van der Waals surface area (Å²) >= 11 is 0. The van der Waals surface area contributed by atoms with Crippen LogP contribution in [0.5, 0.6) is 0 Å². The number of nitrogens with one attached hydrogen (secondary N) is 2. The van der Waals surface area contributed by atoms with E-state index in [1.165, 1.54) is 6.33 Å². The number of aryl methyl sites for hydroxylation is 1. The van der Waals surface area contributed by atoms with Crippen LogP contribution in [0.3, 0.4) is 0 Å². The van der Waals surface area contributed by atoms with Crippen molar-refractivity contribution in [1.29, 1.82) is 0 Å². The Hall–Kier alpha value is -0.940. The molecule has 0 unspecified atom stereocenters. The minimum Gasteiger partial charge on any atom is -0.396 e. The third-order valence-electron chi connectivity index (χ3n) is 3.57. The van der Waals surface area contributed by atoms with Gasteiger partial charge in [-0.3, -0.25) is 5.10 Å². The van der Waals surface area contributed by atoms with Crippen molar-refractivity contribution in [3.8, 4) is 0 Å². The van der Waals surface area contributed by atoms with E-state index < -0.39 is 0 Å². The van der Waals surface area contributed by atoms with Crippen LogP contribution < -0.4 is 5.32 Å². The van der Waals surface area contributed by atoms with E-state index in [-0.39, 0.29) is 12.0 Å². The molecule has 0 aliphatic carbocycles. The van der Waals surface area contributed by atoms with Crippen LogP contribution in [0.1, 0.15) is 38.9 Å². The molecule has 0 amide bonds.